The van der Waals surface area contributed by atoms with E-state index in [1.807, 2.05) is 0 Å². The first-order valence-corrected chi connectivity index (χ1v) is 8.71. The zero-order chi connectivity index (χ0) is 21.4. The Morgan fingerprint density at radius 2 is 2.03 bits per heavy atom. The molecule has 2 N–H and O–H groups in total. The third-order valence-electron chi connectivity index (χ3n) is 4.73. The summed E-state index contributed by atoms with van der Waals surface area (Å²) >= 11 is 0. The van der Waals surface area contributed by atoms with Crippen molar-refractivity contribution in [1.29, 1.82) is 0 Å². The molecule has 2 atom stereocenters. The van der Waals surface area contributed by atoms with Gasteiger partial charge in [0.1, 0.15) is 11.9 Å². The van der Waals surface area contributed by atoms with Gasteiger partial charge in [0.05, 0.1) is 5.52 Å². The Morgan fingerprint density at radius 3 is 2.66 bits per heavy atom. The van der Waals surface area contributed by atoms with Gasteiger partial charge >= 0.3 is 11.9 Å². The Bertz CT molecular complexity index is 1080. The van der Waals surface area contributed by atoms with E-state index in [0.29, 0.717) is 11.1 Å². The largest absolute Gasteiger partial charge is 0.424 e. The third-order valence-corrected chi connectivity index (χ3v) is 4.73. The smallest absolute Gasteiger partial charge is 0.408 e. The molecule has 0 fully saturated rings. The fourth-order valence-corrected chi connectivity index (χ4v) is 3.13. The predicted molar refractivity (Wildman–Crippen MR) is 96.0 cm³/mol. The highest BCUT2D eigenvalue weighted by atomic mass is 19.4. The number of aryl methyl sites for hydroxylation is 1. The van der Waals surface area contributed by atoms with E-state index < -0.39 is 48.3 Å². The van der Waals surface area contributed by atoms with E-state index in [1.165, 1.54) is 20.2 Å². The van der Waals surface area contributed by atoms with Crippen molar-refractivity contribution in [3.63, 3.8) is 0 Å². The highest BCUT2D eigenvalue weighted by molar-refractivity contribution is 5.82. The molecule has 0 radical (unpaired) electrons. The van der Waals surface area contributed by atoms with Gasteiger partial charge in [0.15, 0.2) is 5.58 Å². The zero-order valence-electron chi connectivity index (χ0n) is 15.6. The number of halogens is 3. The van der Waals surface area contributed by atoms with Gasteiger partial charge in [-0.05, 0) is 19.1 Å². The maximum absolute atomic E-state index is 13.5. The SMILES string of the molecule is CC(C(=O)NCCC(O)(c1nccn1C)C(F)(F)F)n1c(=O)oc2ccccc21. The first kappa shape index (κ1) is 20.6. The summed E-state index contributed by atoms with van der Waals surface area (Å²) in [7, 11) is 1.33. The van der Waals surface area contributed by atoms with Crippen LogP contribution in [0.2, 0.25) is 0 Å². The average Bonchev–Trinajstić information content (AvgIpc) is 3.22. The average molecular weight is 412 g/mol. The number of imidazole rings is 1. The standard InChI is InChI=1S/C18H19F3N4O4/c1-11(25-12-5-3-4-6-13(12)29-16(25)27)14(26)22-8-7-17(28,18(19,20)21)15-23-9-10-24(15)2/h3-6,9-11,28H,7-8H2,1-2H3,(H,22,26). The molecule has 0 spiro atoms. The second-order valence-corrected chi connectivity index (χ2v) is 6.64. The number of amides is 1. The lowest BCUT2D eigenvalue weighted by atomic mass is 9.97. The van der Waals surface area contributed by atoms with E-state index in [2.05, 4.69) is 10.3 Å². The van der Waals surface area contributed by atoms with Crippen molar-refractivity contribution in [2.45, 2.75) is 31.2 Å². The highest BCUT2D eigenvalue weighted by Crippen LogP contribution is 2.40. The monoisotopic (exact) mass is 412 g/mol. The molecule has 2 unspecified atom stereocenters. The van der Waals surface area contributed by atoms with Crippen molar-refractivity contribution in [1.82, 2.24) is 19.4 Å². The van der Waals surface area contributed by atoms with Crippen molar-refractivity contribution >= 4 is 17.0 Å². The van der Waals surface area contributed by atoms with Crippen LogP contribution in [0, 0.1) is 0 Å². The Balaban J connectivity index is 1.75. The van der Waals surface area contributed by atoms with Crippen LogP contribution in [0.1, 0.15) is 25.2 Å². The van der Waals surface area contributed by atoms with Crippen LogP contribution < -0.4 is 11.1 Å². The molecule has 8 nitrogen and oxygen atoms in total. The number of nitrogens with one attached hydrogen (secondary N) is 1. The molecule has 2 aromatic heterocycles. The number of carbonyl (C=O) groups is 1. The molecule has 0 saturated heterocycles. The molecule has 11 heteroatoms. The predicted octanol–water partition coefficient (Wildman–Crippen LogP) is 1.85. The minimum Gasteiger partial charge on any atom is -0.408 e. The van der Waals surface area contributed by atoms with Crippen LogP contribution in [0.3, 0.4) is 0 Å². The van der Waals surface area contributed by atoms with Crippen LogP contribution in [0.15, 0.2) is 45.9 Å². The van der Waals surface area contributed by atoms with Gasteiger partial charge in [0.25, 0.3) is 0 Å². The van der Waals surface area contributed by atoms with Gasteiger partial charge < -0.3 is 19.4 Å². The van der Waals surface area contributed by atoms with Crippen LogP contribution in [0.4, 0.5) is 13.2 Å². The number of para-hydroxylation sites is 2. The second kappa shape index (κ2) is 7.39. The fourth-order valence-electron chi connectivity index (χ4n) is 3.13. The van der Waals surface area contributed by atoms with Crippen molar-refractivity contribution in [3.05, 3.63) is 53.0 Å². The number of hydrogen-bond donors (Lipinski definition) is 2. The minimum atomic E-state index is -5.00. The summed E-state index contributed by atoms with van der Waals surface area (Å²) in [6.45, 7) is 0.935. The number of nitrogens with zero attached hydrogens (tertiary/aromatic N) is 3. The van der Waals surface area contributed by atoms with E-state index in [1.54, 1.807) is 24.3 Å². The number of benzene rings is 1. The molecular weight excluding hydrogens is 393 g/mol. The maximum atomic E-state index is 13.5. The summed E-state index contributed by atoms with van der Waals surface area (Å²) in [5.41, 5.74) is -2.56. The molecule has 1 aromatic carbocycles. The quantitative estimate of drug-likeness (QED) is 0.643. The fraction of sp³-hybridized carbons (Fsp3) is 0.389. The van der Waals surface area contributed by atoms with Crippen molar-refractivity contribution in [2.75, 3.05) is 6.54 Å². The van der Waals surface area contributed by atoms with Crippen molar-refractivity contribution in [3.8, 4) is 0 Å². The number of fused-ring (bicyclic) bond motifs is 1. The Hall–Kier alpha value is -3.08. The van der Waals surface area contributed by atoms with Gasteiger partial charge in [-0.2, -0.15) is 13.2 Å². The number of carbonyl (C=O) groups excluding carboxylic acids is 1. The van der Waals surface area contributed by atoms with E-state index in [-0.39, 0.29) is 0 Å². The van der Waals surface area contributed by atoms with E-state index in [9.17, 15) is 27.9 Å². The number of rotatable bonds is 6. The van der Waals surface area contributed by atoms with Crippen LogP contribution in [-0.2, 0) is 17.4 Å². The second-order valence-electron chi connectivity index (χ2n) is 6.64. The van der Waals surface area contributed by atoms with Crippen LogP contribution in [-0.4, -0.2) is 37.9 Å². The molecule has 0 aliphatic carbocycles. The first-order chi connectivity index (χ1) is 13.6. The third kappa shape index (κ3) is 3.65. The van der Waals surface area contributed by atoms with Gasteiger partial charge in [-0.15, -0.1) is 0 Å². The normalized spacial score (nSPS) is 15.2. The minimum absolute atomic E-state index is 0.290. The number of alkyl halides is 3. The Morgan fingerprint density at radius 1 is 1.34 bits per heavy atom. The van der Waals surface area contributed by atoms with E-state index in [0.717, 1.165) is 15.3 Å². The number of aliphatic hydroxyl groups is 1. The number of oxazole rings is 1. The topological polar surface area (TPSA) is 102 Å². The lowest BCUT2D eigenvalue weighted by Gasteiger charge is -2.30. The summed E-state index contributed by atoms with van der Waals surface area (Å²) in [6, 6.07) is 5.45. The molecule has 3 aromatic rings. The summed E-state index contributed by atoms with van der Waals surface area (Å²) in [4.78, 5) is 28.1. The van der Waals surface area contributed by atoms with Crippen molar-refractivity contribution in [2.24, 2.45) is 7.05 Å². The summed E-state index contributed by atoms with van der Waals surface area (Å²) in [6.07, 6.45) is -3.42. The Labute approximate surface area is 162 Å². The highest BCUT2D eigenvalue weighted by Gasteiger charge is 2.57. The van der Waals surface area contributed by atoms with Gasteiger partial charge in [-0.1, -0.05) is 12.1 Å². The lowest BCUT2D eigenvalue weighted by molar-refractivity contribution is -0.272. The van der Waals surface area contributed by atoms with Gasteiger partial charge in [-0.25, -0.2) is 9.78 Å². The van der Waals surface area contributed by atoms with Gasteiger partial charge in [-0.3, -0.25) is 9.36 Å². The van der Waals surface area contributed by atoms with Crippen LogP contribution >= 0.6 is 0 Å². The molecule has 0 bridgehead atoms. The molecule has 0 aliphatic heterocycles. The Kier molecular flexibility index (Phi) is 5.26. The zero-order valence-corrected chi connectivity index (χ0v) is 15.6. The maximum Gasteiger partial charge on any atom is 0.424 e. The number of hydrogen-bond acceptors (Lipinski definition) is 5. The molecule has 0 aliphatic rings. The molecule has 156 valence electrons. The van der Waals surface area contributed by atoms with E-state index >= 15 is 0 Å². The van der Waals surface area contributed by atoms with Gasteiger partial charge in [0, 0.05) is 32.4 Å². The summed E-state index contributed by atoms with van der Waals surface area (Å²) < 4.78 is 47.8. The molecule has 29 heavy (non-hydrogen) atoms. The van der Waals surface area contributed by atoms with Crippen molar-refractivity contribution < 1.29 is 27.5 Å². The van der Waals surface area contributed by atoms with Gasteiger partial charge in [0.2, 0.25) is 11.5 Å². The molecule has 3 rings (SSSR count). The van der Waals surface area contributed by atoms with Crippen LogP contribution in [0.25, 0.3) is 11.1 Å². The van der Waals surface area contributed by atoms with E-state index in [4.69, 9.17) is 4.42 Å². The first-order valence-electron chi connectivity index (χ1n) is 8.71. The lowest BCUT2D eigenvalue weighted by Crippen LogP contribution is -2.47. The number of aromatic nitrogens is 3. The summed E-state index contributed by atoms with van der Waals surface area (Å²) in [5.74, 6) is -2.03. The molecule has 1 amide bonds. The van der Waals surface area contributed by atoms with Crippen LogP contribution in [0.5, 0.6) is 0 Å². The molecule has 0 saturated carbocycles. The molecular formula is C18H19F3N4O4. The molecule has 2 heterocycles. The summed E-state index contributed by atoms with van der Waals surface area (Å²) in [5, 5.41) is 12.6.